The van der Waals surface area contributed by atoms with Crippen molar-refractivity contribution in [2.24, 2.45) is 0 Å². The van der Waals surface area contributed by atoms with Crippen molar-refractivity contribution in [3.05, 3.63) is 35.9 Å². The van der Waals surface area contributed by atoms with Gasteiger partial charge in [-0.25, -0.2) is 0 Å². The Bertz CT molecular complexity index is 406. The van der Waals surface area contributed by atoms with Crippen LogP contribution in [0.1, 0.15) is 12.5 Å². The van der Waals surface area contributed by atoms with Crippen molar-refractivity contribution >= 4 is 11.8 Å². The topological polar surface area (TPSA) is 70.2 Å². The standard InChI is InChI=1S/C14H21N3O2/c1-3-16-14(19)12(17-13(18)10-15-2)9-11-7-5-4-6-8-11/h4-8,12,15H,3,9-10H2,1-2H3,(H,16,19)(H,17,18)/t12-/m0/s1. The normalized spacial score (nSPS) is 11.7. The number of amides is 2. The molecule has 0 unspecified atom stereocenters. The molecule has 0 heterocycles. The molecule has 1 atom stereocenters. The lowest BCUT2D eigenvalue weighted by molar-refractivity contribution is -0.128. The van der Waals surface area contributed by atoms with Crippen LogP contribution in [0, 0.1) is 0 Å². The van der Waals surface area contributed by atoms with Gasteiger partial charge in [0.05, 0.1) is 6.54 Å². The molecule has 0 aliphatic carbocycles. The zero-order chi connectivity index (χ0) is 14.1. The SMILES string of the molecule is CCNC(=O)[C@H](Cc1ccccc1)NC(=O)CNC. The number of likely N-dealkylation sites (N-methyl/N-ethyl adjacent to an activating group) is 2. The van der Waals surface area contributed by atoms with E-state index in [2.05, 4.69) is 16.0 Å². The molecule has 5 heteroatoms. The van der Waals surface area contributed by atoms with Gasteiger partial charge in [-0.3, -0.25) is 9.59 Å². The number of carbonyl (C=O) groups is 2. The van der Waals surface area contributed by atoms with Crippen LogP contribution in [0.4, 0.5) is 0 Å². The summed E-state index contributed by atoms with van der Waals surface area (Å²) in [5, 5.41) is 8.24. The molecule has 0 bridgehead atoms. The molecule has 0 aliphatic rings. The fourth-order valence-corrected chi connectivity index (χ4v) is 1.76. The molecule has 0 saturated heterocycles. The second-order valence-electron chi connectivity index (χ2n) is 4.23. The van der Waals surface area contributed by atoms with E-state index in [0.29, 0.717) is 13.0 Å². The van der Waals surface area contributed by atoms with Crippen LogP contribution in [0.25, 0.3) is 0 Å². The van der Waals surface area contributed by atoms with Crippen LogP contribution >= 0.6 is 0 Å². The number of rotatable bonds is 7. The summed E-state index contributed by atoms with van der Waals surface area (Å²) in [6.07, 6.45) is 0.488. The predicted octanol–water partition coefficient (Wildman–Crippen LogP) is 0.0694. The van der Waals surface area contributed by atoms with Gasteiger partial charge >= 0.3 is 0 Å². The molecule has 5 nitrogen and oxygen atoms in total. The Hall–Kier alpha value is -1.88. The summed E-state index contributed by atoms with van der Waals surface area (Å²) >= 11 is 0. The third kappa shape index (κ3) is 5.52. The number of nitrogens with one attached hydrogen (secondary N) is 3. The summed E-state index contributed by atoms with van der Waals surface area (Å²) in [4.78, 5) is 23.5. The number of hydrogen-bond acceptors (Lipinski definition) is 3. The monoisotopic (exact) mass is 263 g/mol. The summed E-state index contributed by atoms with van der Waals surface area (Å²) in [6.45, 7) is 2.60. The van der Waals surface area contributed by atoms with Gasteiger partial charge in [0, 0.05) is 13.0 Å². The van der Waals surface area contributed by atoms with Crippen LogP contribution in [-0.4, -0.2) is 38.0 Å². The molecule has 1 rings (SSSR count). The Morgan fingerprint density at radius 1 is 1.21 bits per heavy atom. The van der Waals surface area contributed by atoms with E-state index in [1.165, 1.54) is 0 Å². The van der Waals surface area contributed by atoms with Crippen molar-refractivity contribution in [1.82, 2.24) is 16.0 Å². The van der Waals surface area contributed by atoms with Crippen LogP contribution in [0.2, 0.25) is 0 Å². The van der Waals surface area contributed by atoms with E-state index in [0.717, 1.165) is 5.56 Å². The fraction of sp³-hybridized carbons (Fsp3) is 0.429. The van der Waals surface area contributed by atoms with Gasteiger partial charge in [-0.15, -0.1) is 0 Å². The predicted molar refractivity (Wildman–Crippen MR) is 74.7 cm³/mol. The summed E-state index contributed by atoms with van der Waals surface area (Å²) in [5.74, 6) is -0.342. The molecule has 19 heavy (non-hydrogen) atoms. The lowest BCUT2D eigenvalue weighted by atomic mass is 10.1. The van der Waals surface area contributed by atoms with Gasteiger partial charge in [-0.2, -0.15) is 0 Å². The van der Waals surface area contributed by atoms with Crippen molar-refractivity contribution in [2.45, 2.75) is 19.4 Å². The van der Waals surface area contributed by atoms with Crippen molar-refractivity contribution in [3.8, 4) is 0 Å². The molecule has 1 aromatic rings. The quantitative estimate of drug-likeness (QED) is 0.652. The molecule has 0 radical (unpaired) electrons. The van der Waals surface area contributed by atoms with Crippen molar-refractivity contribution in [1.29, 1.82) is 0 Å². The van der Waals surface area contributed by atoms with E-state index in [1.54, 1.807) is 7.05 Å². The molecule has 0 saturated carbocycles. The first-order valence-electron chi connectivity index (χ1n) is 6.43. The molecule has 0 spiro atoms. The summed E-state index contributed by atoms with van der Waals surface area (Å²) < 4.78 is 0. The van der Waals surface area contributed by atoms with Gasteiger partial charge in [0.15, 0.2) is 0 Å². The minimum absolute atomic E-state index is 0.157. The maximum atomic E-state index is 11.9. The molecule has 3 N–H and O–H groups in total. The van der Waals surface area contributed by atoms with Crippen LogP contribution in [-0.2, 0) is 16.0 Å². The highest BCUT2D eigenvalue weighted by Crippen LogP contribution is 2.03. The Kier molecular flexibility index (Phi) is 6.60. The molecule has 0 aliphatic heterocycles. The van der Waals surface area contributed by atoms with Crippen LogP contribution in [0.3, 0.4) is 0 Å². The number of benzene rings is 1. The average Bonchev–Trinajstić information content (AvgIpc) is 2.40. The highest BCUT2D eigenvalue weighted by atomic mass is 16.2. The van der Waals surface area contributed by atoms with Gasteiger partial charge in [-0.1, -0.05) is 30.3 Å². The third-order valence-electron chi connectivity index (χ3n) is 2.62. The van der Waals surface area contributed by atoms with Gasteiger partial charge < -0.3 is 16.0 Å². The molecule has 104 valence electrons. The van der Waals surface area contributed by atoms with Gasteiger partial charge in [0.1, 0.15) is 6.04 Å². The van der Waals surface area contributed by atoms with Gasteiger partial charge in [-0.05, 0) is 19.5 Å². The Balaban J connectivity index is 2.69. The number of hydrogen-bond donors (Lipinski definition) is 3. The van der Waals surface area contributed by atoms with Gasteiger partial charge in [0.2, 0.25) is 11.8 Å². The first-order chi connectivity index (χ1) is 9.17. The molecule has 1 aromatic carbocycles. The van der Waals surface area contributed by atoms with Crippen LogP contribution < -0.4 is 16.0 Å². The zero-order valence-corrected chi connectivity index (χ0v) is 11.4. The Morgan fingerprint density at radius 2 is 1.89 bits per heavy atom. The molecule has 2 amide bonds. The van der Waals surface area contributed by atoms with Crippen LogP contribution in [0.5, 0.6) is 0 Å². The van der Waals surface area contributed by atoms with Crippen molar-refractivity contribution in [3.63, 3.8) is 0 Å². The molecule has 0 fully saturated rings. The molecule has 0 aromatic heterocycles. The smallest absolute Gasteiger partial charge is 0.242 e. The first-order valence-corrected chi connectivity index (χ1v) is 6.43. The van der Waals surface area contributed by atoms with E-state index in [-0.39, 0.29) is 18.4 Å². The second-order valence-corrected chi connectivity index (χ2v) is 4.23. The van der Waals surface area contributed by atoms with Crippen molar-refractivity contribution < 1.29 is 9.59 Å². The van der Waals surface area contributed by atoms with E-state index in [4.69, 9.17) is 0 Å². The van der Waals surface area contributed by atoms with E-state index < -0.39 is 6.04 Å². The fourth-order valence-electron chi connectivity index (χ4n) is 1.76. The Labute approximate surface area is 113 Å². The zero-order valence-electron chi connectivity index (χ0n) is 11.4. The summed E-state index contributed by atoms with van der Waals surface area (Å²) in [6, 6.07) is 9.10. The average molecular weight is 263 g/mol. The summed E-state index contributed by atoms with van der Waals surface area (Å²) in [7, 11) is 1.69. The maximum Gasteiger partial charge on any atom is 0.242 e. The lowest BCUT2D eigenvalue weighted by Crippen LogP contribution is -2.49. The molecular weight excluding hydrogens is 242 g/mol. The maximum absolute atomic E-state index is 11.9. The van der Waals surface area contributed by atoms with E-state index in [9.17, 15) is 9.59 Å². The number of carbonyl (C=O) groups excluding carboxylic acids is 2. The molecular formula is C14H21N3O2. The minimum atomic E-state index is -0.539. The van der Waals surface area contributed by atoms with Crippen molar-refractivity contribution in [2.75, 3.05) is 20.1 Å². The van der Waals surface area contributed by atoms with E-state index >= 15 is 0 Å². The van der Waals surface area contributed by atoms with E-state index in [1.807, 2.05) is 37.3 Å². The third-order valence-corrected chi connectivity index (χ3v) is 2.62. The Morgan fingerprint density at radius 3 is 2.47 bits per heavy atom. The lowest BCUT2D eigenvalue weighted by Gasteiger charge is -2.18. The van der Waals surface area contributed by atoms with Gasteiger partial charge in [0.25, 0.3) is 0 Å². The minimum Gasteiger partial charge on any atom is -0.355 e. The summed E-state index contributed by atoms with van der Waals surface area (Å²) in [5.41, 5.74) is 1.02. The largest absolute Gasteiger partial charge is 0.355 e. The first kappa shape index (κ1) is 15.2. The second kappa shape index (κ2) is 8.26. The van der Waals surface area contributed by atoms with Crippen LogP contribution in [0.15, 0.2) is 30.3 Å². The highest BCUT2D eigenvalue weighted by molar-refractivity contribution is 5.88. The highest BCUT2D eigenvalue weighted by Gasteiger charge is 2.20.